The van der Waals surface area contributed by atoms with Crippen molar-refractivity contribution >= 4 is 11.9 Å². The van der Waals surface area contributed by atoms with E-state index in [0.29, 0.717) is 24.3 Å². The van der Waals surface area contributed by atoms with Gasteiger partial charge in [-0.25, -0.2) is 9.98 Å². The molecule has 2 rings (SSSR count). The summed E-state index contributed by atoms with van der Waals surface area (Å²) >= 11 is 0. The number of hydrogen-bond donors (Lipinski definition) is 2. The van der Waals surface area contributed by atoms with E-state index in [2.05, 4.69) is 34.5 Å². The van der Waals surface area contributed by atoms with E-state index in [-0.39, 0.29) is 12.5 Å². The predicted molar refractivity (Wildman–Crippen MR) is 107 cm³/mol. The van der Waals surface area contributed by atoms with Gasteiger partial charge in [-0.15, -0.1) is 0 Å². The van der Waals surface area contributed by atoms with Crippen LogP contribution in [0.25, 0.3) is 11.5 Å². The van der Waals surface area contributed by atoms with Crippen LogP contribution in [-0.2, 0) is 11.3 Å². The maximum absolute atomic E-state index is 11.8. The van der Waals surface area contributed by atoms with Gasteiger partial charge in [0.25, 0.3) is 0 Å². The third-order valence-electron chi connectivity index (χ3n) is 3.83. The molecule has 0 unspecified atom stereocenters. The normalized spacial score (nSPS) is 11.6. The molecule has 2 N–H and O–H groups in total. The Kier molecular flexibility index (Phi) is 7.40. The molecular weight excluding hydrogens is 342 g/mol. The fourth-order valence-electron chi connectivity index (χ4n) is 2.16. The number of nitrogens with zero attached hydrogens (tertiary/aromatic N) is 3. The van der Waals surface area contributed by atoms with Crippen LogP contribution in [-0.4, -0.2) is 48.9 Å². The van der Waals surface area contributed by atoms with Crippen molar-refractivity contribution in [1.29, 1.82) is 0 Å². The number of nitrogens with one attached hydrogen (secondary N) is 2. The molecule has 1 heterocycles. The number of carbonyl (C=O) groups is 1. The van der Waals surface area contributed by atoms with Gasteiger partial charge in [0.1, 0.15) is 12.0 Å². The Balaban J connectivity index is 2.03. The van der Waals surface area contributed by atoms with Gasteiger partial charge in [0.15, 0.2) is 5.96 Å². The lowest BCUT2D eigenvalue weighted by Gasteiger charge is -2.15. The molecule has 0 bridgehead atoms. The first-order valence-corrected chi connectivity index (χ1v) is 9.09. The van der Waals surface area contributed by atoms with Gasteiger partial charge >= 0.3 is 0 Å². The van der Waals surface area contributed by atoms with Crippen molar-refractivity contribution in [3.05, 3.63) is 41.8 Å². The summed E-state index contributed by atoms with van der Waals surface area (Å²) in [4.78, 5) is 22.4. The quantitative estimate of drug-likeness (QED) is 0.577. The number of hydrogen-bond acceptors (Lipinski definition) is 4. The summed E-state index contributed by atoms with van der Waals surface area (Å²) < 4.78 is 5.57. The first-order chi connectivity index (χ1) is 12.8. The van der Waals surface area contributed by atoms with Crippen LogP contribution in [0, 0.1) is 12.8 Å². The molecule has 1 aromatic heterocycles. The first-order valence-electron chi connectivity index (χ1n) is 9.09. The summed E-state index contributed by atoms with van der Waals surface area (Å²) in [6, 6.07) is 8.02. The van der Waals surface area contributed by atoms with E-state index in [0.717, 1.165) is 17.8 Å². The van der Waals surface area contributed by atoms with Crippen molar-refractivity contribution in [3.63, 3.8) is 0 Å². The third kappa shape index (κ3) is 6.77. The number of amides is 1. The summed E-state index contributed by atoms with van der Waals surface area (Å²) in [7, 11) is 3.45. The molecule has 0 aliphatic carbocycles. The molecule has 7 heteroatoms. The van der Waals surface area contributed by atoms with Crippen molar-refractivity contribution in [3.8, 4) is 11.5 Å². The number of aromatic nitrogens is 1. The molecule has 0 fully saturated rings. The van der Waals surface area contributed by atoms with Crippen LogP contribution in [0.2, 0.25) is 0 Å². The Hall–Kier alpha value is -2.83. The molecule has 0 aliphatic rings. The molecule has 0 radical (unpaired) electrons. The highest BCUT2D eigenvalue weighted by molar-refractivity contribution is 5.86. The van der Waals surface area contributed by atoms with E-state index >= 15 is 0 Å². The first kappa shape index (κ1) is 20.5. The third-order valence-corrected chi connectivity index (χ3v) is 3.83. The Morgan fingerprint density at radius 3 is 2.56 bits per heavy atom. The van der Waals surface area contributed by atoms with Crippen molar-refractivity contribution in [2.24, 2.45) is 10.9 Å². The number of likely N-dealkylation sites (N-methyl/N-ethyl adjacent to an activating group) is 1. The summed E-state index contributed by atoms with van der Waals surface area (Å²) in [6.45, 7) is 7.57. The fourth-order valence-corrected chi connectivity index (χ4v) is 2.16. The van der Waals surface area contributed by atoms with Gasteiger partial charge in [-0.2, -0.15) is 0 Å². The van der Waals surface area contributed by atoms with Gasteiger partial charge in [0.2, 0.25) is 11.8 Å². The smallest absolute Gasteiger partial charge is 0.241 e. The summed E-state index contributed by atoms with van der Waals surface area (Å²) in [5, 5.41) is 6.30. The number of aryl methyl sites for hydroxylation is 1. The molecule has 0 aliphatic heterocycles. The zero-order chi connectivity index (χ0) is 19.8. The van der Waals surface area contributed by atoms with Gasteiger partial charge in [0.05, 0.1) is 13.1 Å². The monoisotopic (exact) mass is 371 g/mol. The molecule has 0 saturated heterocycles. The largest absolute Gasteiger partial charge is 0.444 e. The fraction of sp³-hybridized carbons (Fsp3) is 0.450. The Morgan fingerprint density at radius 1 is 1.22 bits per heavy atom. The molecule has 27 heavy (non-hydrogen) atoms. The molecule has 0 spiro atoms. The Bertz CT molecular complexity index is 763. The van der Waals surface area contributed by atoms with E-state index in [1.165, 1.54) is 5.56 Å². The standard InChI is InChI=1S/C20H29N5O2/c1-14(2)10-21-20(23-12-18(26)25(4)5)22-11-17-13-27-19(24-17)16-8-6-15(3)7-9-16/h6-9,13-14H,10-12H2,1-5H3,(H2,21,22,23). The lowest BCUT2D eigenvalue weighted by Crippen LogP contribution is -2.44. The minimum absolute atomic E-state index is 0.0165. The number of rotatable bonds is 7. The van der Waals surface area contributed by atoms with Crippen LogP contribution in [0.4, 0.5) is 0 Å². The topological polar surface area (TPSA) is 82.8 Å². The molecule has 0 saturated carbocycles. The van der Waals surface area contributed by atoms with Crippen molar-refractivity contribution in [2.75, 3.05) is 27.2 Å². The predicted octanol–water partition coefficient (Wildman–Crippen LogP) is 2.43. The maximum atomic E-state index is 11.8. The molecule has 2 aromatic rings. The van der Waals surface area contributed by atoms with Crippen LogP contribution < -0.4 is 10.6 Å². The number of guanidine groups is 1. The van der Waals surface area contributed by atoms with Crippen molar-refractivity contribution in [2.45, 2.75) is 27.3 Å². The zero-order valence-corrected chi connectivity index (χ0v) is 16.7. The van der Waals surface area contributed by atoms with Gasteiger partial charge in [0, 0.05) is 26.2 Å². The van der Waals surface area contributed by atoms with Gasteiger partial charge in [-0.1, -0.05) is 31.5 Å². The van der Waals surface area contributed by atoms with Crippen LogP contribution in [0.5, 0.6) is 0 Å². The number of aliphatic imine (C=N–C) groups is 1. The summed E-state index contributed by atoms with van der Waals surface area (Å²) in [6.07, 6.45) is 1.61. The molecule has 146 valence electrons. The molecule has 1 amide bonds. The van der Waals surface area contributed by atoms with Crippen LogP contribution in [0.3, 0.4) is 0 Å². The van der Waals surface area contributed by atoms with E-state index < -0.39 is 0 Å². The average Bonchev–Trinajstić information content (AvgIpc) is 3.10. The van der Waals surface area contributed by atoms with E-state index in [9.17, 15) is 4.79 Å². The minimum Gasteiger partial charge on any atom is -0.444 e. The Labute approximate surface area is 160 Å². The minimum atomic E-state index is -0.0165. The highest BCUT2D eigenvalue weighted by Gasteiger charge is 2.09. The highest BCUT2D eigenvalue weighted by Crippen LogP contribution is 2.19. The van der Waals surface area contributed by atoms with Gasteiger partial charge < -0.3 is 20.0 Å². The van der Waals surface area contributed by atoms with Crippen molar-refractivity contribution < 1.29 is 9.21 Å². The van der Waals surface area contributed by atoms with E-state index in [1.807, 2.05) is 31.2 Å². The Morgan fingerprint density at radius 2 is 1.93 bits per heavy atom. The number of oxazole rings is 1. The maximum Gasteiger partial charge on any atom is 0.241 e. The number of carbonyl (C=O) groups excluding carboxylic acids is 1. The van der Waals surface area contributed by atoms with E-state index in [1.54, 1.807) is 25.3 Å². The molecule has 1 aromatic carbocycles. The second kappa shape index (κ2) is 9.75. The average molecular weight is 371 g/mol. The van der Waals surface area contributed by atoms with Crippen molar-refractivity contribution in [1.82, 2.24) is 20.5 Å². The lowest BCUT2D eigenvalue weighted by molar-refractivity contribution is -0.127. The molecular formula is C20H29N5O2. The van der Waals surface area contributed by atoms with Gasteiger partial charge in [-0.05, 0) is 25.0 Å². The van der Waals surface area contributed by atoms with E-state index in [4.69, 9.17) is 4.42 Å². The lowest BCUT2D eigenvalue weighted by atomic mass is 10.1. The van der Waals surface area contributed by atoms with Crippen LogP contribution in [0.1, 0.15) is 25.1 Å². The highest BCUT2D eigenvalue weighted by atomic mass is 16.3. The second-order valence-corrected chi connectivity index (χ2v) is 7.09. The number of benzene rings is 1. The van der Waals surface area contributed by atoms with Crippen LogP contribution >= 0.6 is 0 Å². The molecule has 0 atom stereocenters. The SMILES string of the molecule is Cc1ccc(-c2nc(CN=C(NCC(=O)N(C)C)NCC(C)C)co2)cc1. The van der Waals surface area contributed by atoms with Gasteiger partial charge in [-0.3, -0.25) is 4.79 Å². The summed E-state index contributed by atoms with van der Waals surface area (Å²) in [5.41, 5.74) is 2.85. The second-order valence-electron chi connectivity index (χ2n) is 7.09. The summed E-state index contributed by atoms with van der Waals surface area (Å²) in [5.74, 6) is 1.60. The zero-order valence-electron chi connectivity index (χ0n) is 16.7. The van der Waals surface area contributed by atoms with Crippen LogP contribution in [0.15, 0.2) is 39.9 Å². The molecule has 7 nitrogen and oxygen atoms in total.